The van der Waals surface area contributed by atoms with Gasteiger partial charge in [-0.05, 0) is 42.2 Å². The molecule has 1 aliphatic heterocycles. The van der Waals surface area contributed by atoms with Gasteiger partial charge in [-0.1, -0.05) is 41.7 Å². The highest BCUT2D eigenvalue weighted by molar-refractivity contribution is 7.09. The molecule has 0 aliphatic carbocycles. The van der Waals surface area contributed by atoms with Crippen molar-refractivity contribution in [2.75, 3.05) is 0 Å². The summed E-state index contributed by atoms with van der Waals surface area (Å²) < 4.78 is 35.5. The lowest BCUT2D eigenvalue weighted by atomic mass is 9.95. The van der Waals surface area contributed by atoms with Gasteiger partial charge in [0.25, 0.3) is 0 Å². The van der Waals surface area contributed by atoms with Crippen LogP contribution in [0.1, 0.15) is 28.0 Å². The minimum absolute atomic E-state index is 0.00484. The fraction of sp³-hybridized carbons (Fsp3) is 0.250. The highest BCUT2D eigenvalue weighted by Gasteiger charge is 2.40. The zero-order valence-corrected chi connectivity index (χ0v) is 15.1. The molecule has 0 saturated heterocycles. The van der Waals surface area contributed by atoms with Crippen molar-refractivity contribution in [2.24, 2.45) is 0 Å². The van der Waals surface area contributed by atoms with Crippen molar-refractivity contribution < 1.29 is 18.6 Å². The number of hydrogen-bond donors (Lipinski definition) is 2. The molecule has 0 bridgehead atoms. The molecular formula is C20H17F2NO3S. The molecule has 0 radical (unpaired) electrons. The second-order valence-electron chi connectivity index (χ2n) is 6.56. The van der Waals surface area contributed by atoms with E-state index in [9.17, 15) is 18.7 Å². The number of aromatic amines is 1. The molecule has 0 amide bonds. The van der Waals surface area contributed by atoms with Crippen LogP contribution < -0.4 is 9.61 Å². The van der Waals surface area contributed by atoms with Crippen molar-refractivity contribution >= 4 is 11.3 Å². The molecule has 2 heterocycles. The maximum absolute atomic E-state index is 14.7. The van der Waals surface area contributed by atoms with Gasteiger partial charge in [0, 0.05) is 12.0 Å². The van der Waals surface area contributed by atoms with Crippen LogP contribution in [0, 0.1) is 0 Å². The summed E-state index contributed by atoms with van der Waals surface area (Å²) in [6, 6.07) is 14.2. The van der Waals surface area contributed by atoms with Gasteiger partial charge < -0.3 is 9.84 Å². The molecule has 2 N–H and O–H groups in total. The largest absolute Gasteiger partial charge is 0.494 e. The zero-order chi connectivity index (χ0) is 19.0. The van der Waals surface area contributed by atoms with Gasteiger partial charge in [0.15, 0.2) is 0 Å². The fourth-order valence-corrected chi connectivity index (χ4v) is 4.05. The molecule has 27 heavy (non-hydrogen) atoms. The van der Waals surface area contributed by atoms with Crippen LogP contribution >= 0.6 is 11.3 Å². The number of alkyl halides is 2. The Kier molecular flexibility index (Phi) is 4.47. The average molecular weight is 389 g/mol. The number of halogens is 2. The third-order valence-electron chi connectivity index (χ3n) is 4.67. The number of ether oxygens (including phenoxy) is 1. The molecule has 4 rings (SSSR count). The predicted octanol–water partition coefficient (Wildman–Crippen LogP) is 4.22. The summed E-state index contributed by atoms with van der Waals surface area (Å²) in [6.07, 6.45) is 2.14. The Bertz CT molecular complexity index is 1010. The van der Waals surface area contributed by atoms with Crippen molar-refractivity contribution in [2.45, 2.75) is 31.3 Å². The summed E-state index contributed by atoms with van der Waals surface area (Å²) in [5.74, 6) is -3.63. The number of hydrogen-bond acceptors (Lipinski definition) is 4. The van der Waals surface area contributed by atoms with Crippen LogP contribution in [0.5, 0.6) is 11.6 Å². The Hall–Kier alpha value is -2.67. The Labute approximate surface area is 158 Å². The molecule has 1 unspecified atom stereocenters. The standard InChI is InChI=1S/C20H17F2NO3S/c21-20(22,17-18(24)23-19(25)27-17)14-7-9-16-13(11-14)6-8-15(26-16)10-12-4-2-1-3-5-12/h1-5,7,9,11,15,24H,6,8,10H2,(H,23,25). The number of aromatic hydroxyl groups is 1. The summed E-state index contributed by atoms with van der Waals surface area (Å²) in [5, 5.41) is 9.59. The monoisotopic (exact) mass is 389 g/mol. The van der Waals surface area contributed by atoms with Crippen LogP contribution in [0.2, 0.25) is 0 Å². The van der Waals surface area contributed by atoms with E-state index in [1.165, 1.54) is 17.7 Å². The van der Waals surface area contributed by atoms with Crippen LogP contribution in [-0.2, 0) is 18.8 Å². The Morgan fingerprint density at radius 3 is 2.70 bits per heavy atom. The zero-order valence-electron chi connectivity index (χ0n) is 14.2. The van der Waals surface area contributed by atoms with Crippen molar-refractivity contribution in [3.8, 4) is 11.6 Å². The van der Waals surface area contributed by atoms with E-state index >= 15 is 0 Å². The van der Waals surface area contributed by atoms with Gasteiger partial charge in [0.2, 0.25) is 5.88 Å². The lowest BCUT2D eigenvalue weighted by Gasteiger charge is -2.27. The first-order valence-corrected chi connectivity index (χ1v) is 9.39. The quantitative estimate of drug-likeness (QED) is 0.702. The van der Waals surface area contributed by atoms with Crippen molar-refractivity contribution in [3.05, 3.63) is 79.8 Å². The predicted molar refractivity (Wildman–Crippen MR) is 98.9 cm³/mol. The SMILES string of the molecule is O=c1[nH]c(O)c(C(F)(F)c2ccc3c(c2)CCC(Cc2ccccc2)O3)s1. The van der Waals surface area contributed by atoms with Gasteiger partial charge in [-0.3, -0.25) is 9.78 Å². The summed E-state index contributed by atoms with van der Waals surface area (Å²) in [5.41, 5.74) is 1.61. The molecule has 4 nitrogen and oxygen atoms in total. The van der Waals surface area contributed by atoms with Gasteiger partial charge in [-0.25, -0.2) is 0 Å². The normalized spacial score (nSPS) is 16.6. The van der Waals surface area contributed by atoms with Crippen LogP contribution in [0.4, 0.5) is 8.78 Å². The molecule has 2 aromatic carbocycles. The number of aryl methyl sites for hydroxylation is 1. The Balaban J connectivity index is 1.57. The lowest BCUT2D eigenvalue weighted by molar-refractivity contribution is 0.0438. The van der Waals surface area contributed by atoms with E-state index in [4.69, 9.17) is 4.74 Å². The highest BCUT2D eigenvalue weighted by Crippen LogP contribution is 2.43. The topological polar surface area (TPSA) is 62.3 Å². The second-order valence-corrected chi connectivity index (χ2v) is 7.54. The van der Waals surface area contributed by atoms with Crippen molar-refractivity contribution in [1.82, 2.24) is 4.98 Å². The fourth-order valence-electron chi connectivity index (χ4n) is 3.32. The first kappa shape index (κ1) is 17.7. The number of nitrogens with one attached hydrogen (secondary N) is 1. The van der Waals surface area contributed by atoms with Gasteiger partial charge in [-0.2, -0.15) is 8.78 Å². The molecule has 3 aromatic rings. The first-order valence-electron chi connectivity index (χ1n) is 8.58. The number of fused-ring (bicyclic) bond motifs is 1. The Morgan fingerprint density at radius 1 is 1.22 bits per heavy atom. The van der Waals surface area contributed by atoms with E-state index in [1.54, 1.807) is 6.07 Å². The molecule has 140 valence electrons. The van der Waals surface area contributed by atoms with Crippen LogP contribution in [0.25, 0.3) is 0 Å². The van der Waals surface area contributed by atoms with E-state index in [2.05, 4.69) is 0 Å². The number of H-pyrrole nitrogens is 1. The van der Waals surface area contributed by atoms with Crippen LogP contribution in [0.15, 0.2) is 53.3 Å². The van der Waals surface area contributed by atoms with E-state index in [0.29, 0.717) is 29.1 Å². The first-order chi connectivity index (χ1) is 12.9. The van der Waals surface area contributed by atoms with Gasteiger partial charge in [0.1, 0.15) is 16.7 Å². The van der Waals surface area contributed by atoms with Gasteiger partial charge >= 0.3 is 10.8 Å². The van der Waals surface area contributed by atoms with Crippen molar-refractivity contribution in [1.29, 1.82) is 0 Å². The molecule has 0 fully saturated rings. The minimum atomic E-state index is -3.45. The molecule has 1 atom stereocenters. The molecule has 0 saturated carbocycles. The summed E-state index contributed by atoms with van der Waals surface area (Å²) in [6.45, 7) is 0. The molecule has 7 heteroatoms. The third kappa shape index (κ3) is 3.47. The van der Waals surface area contributed by atoms with Crippen LogP contribution in [0.3, 0.4) is 0 Å². The number of benzene rings is 2. The van der Waals surface area contributed by atoms with Gasteiger partial charge in [-0.15, -0.1) is 0 Å². The summed E-state index contributed by atoms with van der Waals surface area (Å²) in [4.78, 5) is 11.9. The van der Waals surface area contributed by atoms with Gasteiger partial charge in [0.05, 0.1) is 0 Å². The minimum Gasteiger partial charge on any atom is -0.494 e. The van der Waals surface area contributed by atoms with Crippen molar-refractivity contribution in [3.63, 3.8) is 0 Å². The third-order valence-corrected chi connectivity index (χ3v) is 5.62. The molecule has 0 spiro atoms. The molecule has 1 aromatic heterocycles. The van der Waals surface area contributed by atoms with E-state index in [-0.39, 0.29) is 11.7 Å². The number of rotatable bonds is 4. The highest BCUT2D eigenvalue weighted by atomic mass is 32.1. The van der Waals surface area contributed by atoms with E-state index in [0.717, 1.165) is 12.8 Å². The van der Waals surface area contributed by atoms with E-state index < -0.39 is 21.6 Å². The summed E-state index contributed by atoms with van der Waals surface area (Å²) in [7, 11) is 0. The Morgan fingerprint density at radius 2 is 2.00 bits per heavy atom. The number of thiazole rings is 1. The second kappa shape index (κ2) is 6.81. The smallest absolute Gasteiger partial charge is 0.312 e. The molecular weight excluding hydrogens is 372 g/mol. The molecule has 1 aliphatic rings. The maximum atomic E-state index is 14.7. The maximum Gasteiger partial charge on any atom is 0.312 e. The lowest BCUT2D eigenvalue weighted by Crippen LogP contribution is -2.25. The summed E-state index contributed by atoms with van der Waals surface area (Å²) >= 11 is 0.313. The van der Waals surface area contributed by atoms with Crippen LogP contribution in [-0.4, -0.2) is 16.2 Å². The van der Waals surface area contributed by atoms with E-state index in [1.807, 2.05) is 35.3 Å². The number of aromatic nitrogens is 1. The average Bonchev–Trinajstić information content (AvgIpc) is 3.01.